The predicted octanol–water partition coefficient (Wildman–Crippen LogP) is 3.40. The highest BCUT2D eigenvalue weighted by molar-refractivity contribution is 5.53. The van der Waals surface area contributed by atoms with Crippen LogP contribution in [0.5, 0.6) is 0 Å². The minimum absolute atomic E-state index is 0.538. The van der Waals surface area contributed by atoms with E-state index < -0.39 is 0 Å². The van der Waals surface area contributed by atoms with Crippen LogP contribution in [0.3, 0.4) is 0 Å². The molecule has 0 radical (unpaired) electrons. The van der Waals surface area contributed by atoms with Crippen molar-refractivity contribution in [3.63, 3.8) is 0 Å². The summed E-state index contributed by atoms with van der Waals surface area (Å²) >= 11 is 0. The number of nitrogens with one attached hydrogen (secondary N) is 1. The fourth-order valence-electron chi connectivity index (χ4n) is 2.82. The number of benzene rings is 1. The summed E-state index contributed by atoms with van der Waals surface area (Å²) in [6.45, 7) is 6.58. The van der Waals surface area contributed by atoms with Crippen LogP contribution < -0.4 is 5.32 Å². The van der Waals surface area contributed by atoms with E-state index >= 15 is 0 Å². The van der Waals surface area contributed by atoms with Crippen molar-refractivity contribution in [1.82, 2.24) is 15.5 Å². The van der Waals surface area contributed by atoms with E-state index in [-0.39, 0.29) is 0 Å². The fraction of sp³-hybridized carbons (Fsp3) is 0.529. The lowest BCUT2D eigenvalue weighted by Gasteiger charge is -2.20. The Morgan fingerprint density at radius 3 is 2.76 bits per heavy atom. The Morgan fingerprint density at radius 1 is 1.29 bits per heavy atom. The largest absolute Gasteiger partial charge is 0.334 e. The smallest absolute Gasteiger partial charge is 0.257 e. The first-order chi connectivity index (χ1) is 10.2. The Kier molecular flexibility index (Phi) is 4.34. The molecule has 0 saturated carbocycles. The first-order valence-electron chi connectivity index (χ1n) is 7.86. The number of aromatic nitrogens is 2. The number of hydrogen-bond donors (Lipinski definition) is 1. The van der Waals surface area contributed by atoms with Crippen LogP contribution in [-0.2, 0) is 6.42 Å². The molecular weight excluding hydrogens is 262 g/mol. The van der Waals surface area contributed by atoms with Crippen LogP contribution in [0.25, 0.3) is 11.5 Å². The molecule has 3 rings (SSSR count). The lowest BCUT2D eigenvalue weighted by atomic mass is 9.96. The number of piperidine rings is 1. The van der Waals surface area contributed by atoms with Gasteiger partial charge in [-0.3, -0.25) is 0 Å². The average molecular weight is 285 g/mol. The molecule has 1 aromatic heterocycles. The van der Waals surface area contributed by atoms with Gasteiger partial charge in [-0.05, 0) is 55.5 Å². The molecule has 1 aliphatic heterocycles. The highest BCUT2D eigenvalue weighted by Gasteiger charge is 2.17. The van der Waals surface area contributed by atoms with Crippen molar-refractivity contribution < 1.29 is 4.52 Å². The Hall–Kier alpha value is -1.68. The van der Waals surface area contributed by atoms with Crippen molar-refractivity contribution in [3.05, 3.63) is 35.7 Å². The number of rotatable bonds is 4. The fourth-order valence-corrected chi connectivity index (χ4v) is 2.82. The summed E-state index contributed by atoms with van der Waals surface area (Å²) in [5.74, 6) is 2.62. The monoisotopic (exact) mass is 285 g/mol. The molecule has 0 aliphatic carbocycles. The Balaban J connectivity index is 1.69. The first-order valence-corrected chi connectivity index (χ1v) is 7.86. The molecule has 1 unspecified atom stereocenters. The average Bonchev–Trinajstić information content (AvgIpc) is 2.97. The van der Waals surface area contributed by atoms with Crippen LogP contribution in [0.1, 0.15) is 44.0 Å². The van der Waals surface area contributed by atoms with Crippen LogP contribution in [0.2, 0.25) is 0 Å². The molecule has 0 spiro atoms. The highest BCUT2D eigenvalue weighted by Crippen LogP contribution is 2.22. The third-order valence-electron chi connectivity index (χ3n) is 4.16. The molecule has 1 aliphatic rings. The Bertz CT molecular complexity index is 568. The molecule has 1 atom stereocenters. The molecule has 1 N–H and O–H groups in total. The number of hydrogen-bond acceptors (Lipinski definition) is 4. The molecule has 1 aromatic carbocycles. The standard InChI is InChI=1S/C17H23N3O/c1-12(2)14-5-7-15(8-6-14)17-19-16(20-21-17)10-13-4-3-9-18-11-13/h5-8,12-13,18H,3-4,9-11H2,1-2H3. The maximum Gasteiger partial charge on any atom is 0.257 e. The van der Waals surface area contributed by atoms with E-state index in [1.807, 2.05) is 0 Å². The van der Waals surface area contributed by atoms with E-state index in [0.29, 0.717) is 17.7 Å². The van der Waals surface area contributed by atoms with Crippen molar-refractivity contribution in [2.75, 3.05) is 13.1 Å². The number of nitrogens with zero attached hydrogens (tertiary/aromatic N) is 2. The van der Waals surface area contributed by atoms with E-state index in [9.17, 15) is 0 Å². The predicted molar refractivity (Wildman–Crippen MR) is 83.1 cm³/mol. The molecular formula is C17H23N3O. The molecule has 4 nitrogen and oxygen atoms in total. The van der Waals surface area contributed by atoms with Gasteiger partial charge in [-0.1, -0.05) is 31.1 Å². The van der Waals surface area contributed by atoms with Crippen LogP contribution in [0.4, 0.5) is 0 Å². The molecule has 1 saturated heterocycles. The summed E-state index contributed by atoms with van der Waals surface area (Å²) < 4.78 is 5.41. The van der Waals surface area contributed by atoms with E-state index in [1.165, 1.54) is 18.4 Å². The summed E-state index contributed by atoms with van der Waals surface area (Å²) in [5.41, 5.74) is 2.33. The van der Waals surface area contributed by atoms with Crippen LogP contribution in [-0.4, -0.2) is 23.2 Å². The third kappa shape index (κ3) is 3.50. The van der Waals surface area contributed by atoms with E-state index in [1.54, 1.807) is 0 Å². The zero-order valence-electron chi connectivity index (χ0n) is 12.8. The van der Waals surface area contributed by atoms with Crippen molar-refractivity contribution >= 4 is 0 Å². The van der Waals surface area contributed by atoms with Crippen LogP contribution >= 0.6 is 0 Å². The second kappa shape index (κ2) is 6.39. The molecule has 21 heavy (non-hydrogen) atoms. The normalized spacial score (nSPS) is 19.1. The van der Waals surface area contributed by atoms with Crippen LogP contribution in [0, 0.1) is 5.92 Å². The topological polar surface area (TPSA) is 51.0 Å². The Morgan fingerprint density at radius 2 is 2.10 bits per heavy atom. The maximum absolute atomic E-state index is 5.41. The van der Waals surface area contributed by atoms with E-state index in [4.69, 9.17) is 4.52 Å². The van der Waals surface area contributed by atoms with Gasteiger partial charge in [0.05, 0.1) is 0 Å². The van der Waals surface area contributed by atoms with Gasteiger partial charge in [0.25, 0.3) is 5.89 Å². The van der Waals surface area contributed by atoms with Gasteiger partial charge in [0, 0.05) is 12.0 Å². The van der Waals surface area contributed by atoms with Gasteiger partial charge >= 0.3 is 0 Å². The van der Waals surface area contributed by atoms with Gasteiger partial charge in [0.2, 0.25) is 0 Å². The summed E-state index contributed by atoms with van der Waals surface area (Å²) in [7, 11) is 0. The minimum Gasteiger partial charge on any atom is -0.334 e. The van der Waals surface area contributed by atoms with Gasteiger partial charge in [-0.2, -0.15) is 4.98 Å². The van der Waals surface area contributed by atoms with Crippen molar-refractivity contribution in [2.45, 2.75) is 39.0 Å². The maximum atomic E-state index is 5.41. The summed E-state index contributed by atoms with van der Waals surface area (Å²) in [5, 5.41) is 7.55. The Labute approximate surface area is 126 Å². The van der Waals surface area contributed by atoms with Gasteiger partial charge in [-0.15, -0.1) is 0 Å². The van der Waals surface area contributed by atoms with E-state index in [2.05, 4.69) is 53.6 Å². The van der Waals surface area contributed by atoms with Gasteiger partial charge in [0.15, 0.2) is 5.82 Å². The zero-order valence-corrected chi connectivity index (χ0v) is 12.8. The quantitative estimate of drug-likeness (QED) is 0.935. The molecule has 0 amide bonds. The lowest BCUT2D eigenvalue weighted by molar-refractivity contribution is 0.360. The van der Waals surface area contributed by atoms with Crippen LogP contribution in [0.15, 0.2) is 28.8 Å². The molecule has 112 valence electrons. The van der Waals surface area contributed by atoms with Gasteiger partial charge in [0.1, 0.15) is 0 Å². The third-order valence-corrected chi connectivity index (χ3v) is 4.16. The van der Waals surface area contributed by atoms with Crippen molar-refractivity contribution in [3.8, 4) is 11.5 Å². The minimum atomic E-state index is 0.538. The zero-order chi connectivity index (χ0) is 14.7. The van der Waals surface area contributed by atoms with Crippen molar-refractivity contribution in [1.29, 1.82) is 0 Å². The molecule has 0 bridgehead atoms. The molecule has 2 heterocycles. The second-order valence-corrected chi connectivity index (χ2v) is 6.21. The highest BCUT2D eigenvalue weighted by atomic mass is 16.5. The second-order valence-electron chi connectivity index (χ2n) is 6.21. The molecule has 1 fully saturated rings. The first kappa shape index (κ1) is 14.3. The summed E-state index contributed by atoms with van der Waals surface area (Å²) in [6, 6.07) is 8.40. The van der Waals surface area contributed by atoms with E-state index in [0.717, 1.165) is 30.9 Å². The van der Waals surface area contributed by atoms with Gasteiger partial charge < -0.3 is 9.84 Å². The summed E-state index contributed by atoms with van der Waals surface area (Å²) in [6.07, 6.45) is 3.40. The van der Waals surface area contributed by atoms with Gasteiger partial charge in [-0.25, -0.2) is 0 Å². The lowest BCUT2D eigenvalue weighted by Crippen LogP contribution is -2.31. The summed E-state index contributed by atoms with van der Waals surface area (Å²) in [4.78, 5) is 4.54. The molecule has 2 aromatic rings. The molecule has 4 heteroatoms. The SMILES string of the molecule is CC(C)c1ccc(-c2nc(CC3CCCNC3)no2)cc1. The van der Waals surface area contributed by atoms with Crippen molar-refractivity contribution in [2.24, 2.45) is 5.92 Å².